The van der Waals surface area contributed by atoms with Crippen LogP contribution in [0.2, 0.25) is 0 Å². The highest BCUT2D eigenvalue weighted by Crippen LogP contribution is 2.75. The molecule has 28 nitrogen and oxygen atoms in total. The van der Waals surface area contributed by atoms with Gasteiger partial charge in [0.15, 0.2) is 51.8 Å². The Morgan fingerprint density at radius 1 is 0.598 bits per heavy atom. The average molecular weight is 1260 g/mol. The third kappa shape index (κ3) is 16.1. The fourth-order valence-corrected chi connectivity index (χ4v) is 14.1. The molecule has 3 fully saturated rings. The van der Waals surface area contributed by atoms with E-state index < -0.39 is 218 Å². The zero-order chi connectivity index (χ0) is 65.5. The highest BCUT2D eigenvalue weighted by molar-refractivity contribution is 5.31. The molecule has 3 saturated carbocycles. The van der Waals surface area contributed by atoms with Crippen molar-refractivity contribution in [2.75, 3.05) is 33.0 Å². The summed E-state index contributed by atoms with van der Waals surface area (Å²) >= 11 is 0. The number of rotatable bonds is 26. The van der Waals surface area contributed by atoms with Crippen LogP contribution in [-0.4, -0.2) is 231 Å². The van der Waals surface area contributed by atoms with Crippen LogP contribution in [0.3, 0.4) is 0 Å². The normalized spacial score (nSPS) is 35.0. The predicted molar refractivity (Wildman–Crippen MR) is 303 cm³/mol. The van der Waals surface area contributed by atoms with Gasteiger partial charge in [-0.25, -0.2) is 0 Å². The van der Waals surface area contributed by atoms with E-state index in [4.69, 9.17) is 38.6 Å². The molecule has 0 radical (unpaired) electrons. The van der Waals surface area contributed by atoms with Gasteiger partial charge in [-0.1, -0.05) is 46.3 Å². The number of hydrogen-bond acceptors (Lipinski definition) is 28. The van der Waals surface area contributed by atoms with Gasteiger partial charge in [-0.2, -0.15) is 0 Å². The molecule has 0 saturated heterocycles. The molecule has 0 aromatic heterocycles. The fraction of sp³-hybridized carbons (Fsp3) is 0.797. The first-order valence-electron chi connectivity index (χ1n) is 29.7. The lowest BCUT2D eigenvalue weighted by atomic mass is 9.39. The topological polar surface area (TPSA) is 500 Å². The van der Waals surface area contributed by atoms with Crippen molar-refractivity contribution < 1.29 is 141 Å². The third-order valence-electron chi connectivity index (χ3n) is 19.5. The van der Waals surface area contributed by atoms with Crippen LogP contribution in [-0.2, 0) is 28.4 Å². The van der Waals surface area contributed by atoms with Crippen molar-refractivity contribution in [3.63, 3.8) is 0 Å². The predicted octanol–water partition coefficient (Wildman–Crippen LogP) is 2.21. The molecule has 5 aliphatic rings. The molecule has 28 heteroatoms. The second-order valence-electron chi connectivity index (χ2n) is 25.5. The lowest BCUT2D eigenvalue weighted by molar-refractivity contribution is -0.208. The van der Waals surface area contributed by atoms with Crippen molar-refractivity contribution in [2.45, 2.75) is 224 Å². The van der Waals surface area contributed by atoms with Crippen LogP contribution in [0.5, 0.6) is 0 Å². The number of aliphatic hydroxyl groups excluding tert-OH is 21. The molecule has 87 heavy (non-hydrogen) atoms. The Bertz CT molecular complexity index is 2470. The van der Waals surface area contributed by atoms with Crippen molar-refractivity contribution in [1.29, 1.82) is 0 Å². The Hall–Kier alpha value is -4.28. The zero-order valence-electron chi connectivity index (χ0n) is 50.5. The van der Waals surface area contributed by atoms with Gasteiger partial charge < -0.3 is 141 Å². The second-order valence-corrected chi connectivity index (χ2v) is 25.5. The first-order chi connectivity index (χ1) is 40.5. The van der Waals surface area contributed by atoms with Crippen LogP contribution in [0.15, 0.2) is 69.2 Å². The Kier molecular flexibility index (Phi) is 25.5. The molecule has 5 rings (SSSR count). The van der Waals surface area contributed by atoms with E-state index in [0.717, 1.165) is 12.0 Å². The molecule has 13 unspecified atom stereocenters. The van der Waals surface area contributed by atoms with Gasteiger partial charge in [-0.05, 0) is 99.7 Å². The number of allylic oxidation sites excluding steroid dienone is 1. The SMILES string of the molecule is CC(C)(O)C1CC[C@H]([C@H]2CC[C@@]3(C)C4CC=C5C(CC[C@H](OC(O)/C(O)=C(\O)C(O)CCOC(O)/C(O)=C(/O)C(O)CCO)C5(C)C)[C@]4(C)CC[C@]23C)O/C(C(O)CCO)=C(/O)C(O)O/C(=C(/O)C(O)CCOC(O)/C(O)=C(/O)C(O)CCO)C(O)O1. The summed E-state index contributed by atoms with van der Waals surface area (Å²) in [4.78, 5) is 0. The highest BCUT2D eigenvalue weighted by atomic mass is 16.7. The van der Waals surface area contributed by atoms with Crippen molar-refractivity contribution >= 4 is 0 Å². The molecule has 0 amide bonds. The smallest absolute Gasteiger partial charge is 0.259 e. The Labute approximate surface area is 505 Å². The van der Waals surface area contributed by atoms with Gasteiger partial charge in [0.25, 0.3) is 6.29 Å². The maximum absolute atomic E-state index is 11.8. The Balaban J connectivity index is 1.38. The van der Waals surface area contributed by atoms with E-state index in [0.29, 0.717) is 38.5 Å². The summed E-state index contributed by atoms with van der Waals surface area (Å²) in [6.07, 6.45) is -19.2. The van der Waals surface area contributed by atoms with Crippen LogP contribution in [0.25, 0.3) is 0 Å². The minimum Gasteiger partial charge on any atom is -0.506 e. The summed E-state index contributed by atoms with van der Waals surface area (Å²) in [5.41, 5.74) is -2.60. The second kappa shape index (κ2) is 30.2. The van der Waals surface area contributed by atoms with Crippen LogP contribution < -0.4 is 0 Å². The van der Waals surface area contributed by atoms with Gasteiger partial charge in [0.1, 0.15) is 36.6 Å². The van der Waals surface area contributed by atoms with Crippen LogP contribution in [0.4, 0.5) is 0 Å². The molecule has 0 spiro atoms. The minimum absolute atomic E-state index is 0.0277. The van der Waals surface area contributed by atoms with Crippen LogP contribution in [0.1, 0.15) is 138 Å². The summed E-state index contributed by atoms with van der Waals surface area (Å²) in [6.45, 7) is 10.5. The fourth-order valence-electron chi connectivity index (χ4n) is 14.1. The summed E-state index contributed by atoms with van der Waals surface area (Å²) < 4.78 is 34.2. The maximum atomic E-state index is 11.8. The van der Waals surface area contributed by atoms with Crippen molar-refractivity contribution in [1.82, 2.24) is 0 Å². The highest BCUT2D eigenvalue weighted by Gasteiger charge is 2.68. The summed E-state index contributed by atoms with van der Waals surface area (Å²) in [7, 11) is 0. The number of ether oxygens (including phenoxy) is 6. The molecule has 502 valence electrons. The Morgan fingerprint density at radius 3 is 1.64 bits per heavy atom. The Morgan fingerprint density at radius 2 is 1.11 bits per heavy atom. The van der Waals surface area contributed by atoms with Gasteiger partial charge in [0.2, 0.25) is 30.9 Å². The molecule has 19 atom stereocenters. The molecule has 0 aromatic carbocycles. The van der Waals surface area contributed by atoms with Gasteiger partial charge in [-0.15, -0.1) is 0 Å². The van der Waals surface area contributed by atoms with E-state index in [1.165, 1.54) is 13.8 Å². The van der Waals surface area contributed by atoms with E-state index >= 15 is 0 Å². The first kappa shape index (κ1) is 73.5. The monoisotopic (exact) mass is 1250 g/mol. The van der Waals surface area contributed by atoms with Crippen LogP contribution in [0, 0.1) is 39.4 Å². The minimum atomic E-state index is -2.56. The van der Waals surface area contributed by atoms with Gasteiger partial charge in [-0.3, -0.25) is 0 Å². The van der Waals surface area contributed by atoms with Crippen LogP contribution >= 0.6 is 0 Å². The zero-order valence-corrected chi connectivity index (χ0v) is 50.5. The van der Waals surface area contributed by atoms with Crippen molar-refractivity contribution in [3.8, 4) is 0 Å². The number of aliphatic hydroxyl groups is 22. The maximum Gasteiger partial charge on any atom is 0.259 e. The largest absolute Gasteiger partial charge is 0.506 e. The summed E-state index contributed by atoms with van der Waals surface area (Å²) in [6, 6.07) is 0. The molecular formula is C59H98O28. The molecule has 0 aromatic rings. The molecule has 0 bridgehead atoms. The molecular weight excluding hydrogens is 1160 g/mol. The molecule has 1 heterocycles. The van der Waals surface area contributed by atoms with Crippen molar-refractivity contribution in [2.24, 2.45) is 39.4 Å². The number of hydrogen-bond donors (Lipinski definition) is 22. The van der Waals surface area contributed by atoms with Gasteiger partial charge in [0.05, 0.1) is 31.0 Å². The molecule has 22 N–H and O–H groups in total. The molecule has 4 aliphatic carbocycles. The lowest BCUT2D eigenvalue weighted by Gasteiger charge is -2.66. The quantitative estimate of drug-likeness (QED) is 0.0335. The van der Waals surface area contributed by atoms with E-state index in [9.17, 15) is 102 Å². The van der Waals surface area contributed by atoms with Gasteiger partial charge in [0, 0.05) is 63.3 Å². The lowest BCUT2D eigenvalue weighted by Crippen LogP contribution is -2.59. The third-order valence-corrected chi connectivity index (χ3v) is 19.5. The number of fused-ring (bicyclic) bond motifs is 5. The van der Waals surface area contributed by atoms with E-state index in [2.05, 4.69) is 26.8 Å². The average Bonchev–Trinajstić information content (AvgIpc) is 1.71. The van der Waals surface area contributed by atoms with E-state index in [-0.39, 0.29) is 42.4 Å². The van der Waals surface area contributed by atoms with E-state index in [1.807, 2.05) is 13.8 Å². The van der Waals surface area contributed by atoms with Crippen molar-refractivity contribution in [3.05, 3.63) is 69.2 Å². The summed E-state index contributed by atoms with van der Waals surface area (Å²) in [5.74, 6) is -10.9. The van der Waals surface area contributed by atoms with Gasteiger partial charge >= 0.3 is 0 Å². The van der Waals surface area contributed by atoms with E-state index in [1.54, 1.807) is 0 Å². The summed E-state index contributed by atoms with van der Waals surface area (Å²) in [5, 5.41) is 231. The first-order valence-corrected chi connectivity index (χ1v) is 29.7. The molecule has 1 aliphatic heterocycles. The standard InChI is InChI=1S/C59H98O28/c1-55(2)28-8-11-37-57(5,29(28)9-12-38(55)85-52(78)46(74)42(70)33(65)18-26-82-50(76)44(72)40(68)31(63)15-23-60)21-22-58(6)30(14-20-59(37,58)7)36-10-13-39(56(3,4)81)86-54(80)49(87-53(79)47(75)48(84-36)35(67)17-25-62)43(71)34(66)19-27-83-51(77)45(73)41(69)32(64)16-24-61/h8,29-39,50-54,60-81H,9-27H2,1-7H3/b44-40-,45-41-,46-42+,48-47+,49-43+/t29?,30-,31?,32?,33?,34?,35?,36-,37?,38+,39?,50?,51?,52?,53?,54?,57+,58-,59+/m1/s1.